The maximum atomic E-state index is 12.0. The Hall–Kier alpha value is -3.95. The van der Waals surface area contributed by atoms with Crippen molar-refractivity contribution in [1.29, 1.82) is 5.26 Å². The molecule has 33 heavy (non-hydrogen) atoms. The van der Waals surface area contributed by atoms with E-state index in [0.29, 0.717) is 25.2 Å². The third kappa shape index (κ3) is 4.11. The van der Waals surface area contributed by atoms with Crippen LogP contribution in [-0.4, -0.2) is 39.8 Å². The lowest BCUT2D eigenvalue weighted by molar-refractivity contribution is -0.124. The average molecular weight is 436 g/mol. The zero-order valence-corrected chi connectivity index (χ0v) is 18.8. The van der Waals surface area contributed by atoms with E-state index in [2.05, 4.69) is 65.0 Å². The van der Waals surface area contributed by atoms with Crippen LogP contribution in [0.4, 0.5) is 0 Å². The standard InChI is InChI=1S/C27H25N5O/c1-18-3-6-22(13-19(18)2)23-9-10-25-30-27(21-7-4-20(14-28)5-8-21)24(32(25)15-23)16-31-12-11-29-26(33)17-31/h3-10,13,15H,11-12,16-17H2,1-2H3,(H,29,33). The lowest BCUT2D eigenvalue weighted by Crippen LogP contribution is -2.47. The van der Waals surface area contributed by atoms with Crippen LogP contribution in [0.25, 0.3) is 28.0 Å². The van der Waals surface area contributed by atoms with E-state index in [0.717, 1.165) is 40.3 Å². The zero-order chi connectivity index (χ0) is 22.9. The highest BCUT2D eigenvalue weighted by molar-refractivity contribution is 5.78. The van der Waals surface area contributed by atoms with Crippen molar-refractivity contribution in [3.05, 3.63) is 83.2 Å². The third-order valence-electron chi connectivity index (χ3n) is 6.34. The first-order chi connectivity index (χ1) is 16.0. The van der Waals surface area contributed by atoms with Gasteiger partial charge in [0.15, 0.2) is 0 Å². The van der Waals surface area contributed by atoms with Crippen molar-refractivity contribution in [1.82, 2.24) is 19.6 Å². The number of rotatable bonds is 4. The van der Waals surface area contributed by atoms with Crippen molar-refractivity contribution in [3.8, 4) is 28.5 Å². The Balaban J connectivity index is 1.63. The van der Waals surface area contributed by atoms with E-state index in [1.807, 2.05) is 30.3 Å². The van der Waals surface area contributed by atoms with Crippen molar-refractivity contribution in [3.63, 3.8) is 0 Å². The third-order valence-corrected chi connectivity index (χ3v) is 6.34. The Morgan fingerprint density at radius 2 is 1.76 bits per heavy atom. The van der Waals surface area contributed by atoms with Crippen LogP contribution < -0.4 is 5.32 Å². The summed E-state index contributed by atoms with van der Waals surface area (Å²) in [7, 11) is 0. The van der Waals surface area contributed by atoms with E-state index in [9.17, 15) is 10.1 Å². The Morgan fingerprint density at radius 3 is 2.48 bits per heavy atom. The molecule has 1 amide bonds. The van der Waals surface area contributed by atoms with Crippen molar-refractivity contribution in [2.75, 3.05) is 19.6 Å². The van der Waals surface area contributed by atoms with Gasteiger partial charge in [-0.2, -0.15) is 5.26 Å². The summed E-state index contributed by atoms with van der Waals surface area (Å²) in [6.45, 7) is 6.68. The average Bonchev–Trinajstić information content (AvgIpc) is 3.18. The largest absolute Gasteiger partial charge is 0.354 e. The van der Waals surface area contributed by atoms with Gasteiger partial charge >= 0.3 is 0 Å². The molecule has 0 spiro atoms. The number of carbonyl (C=O) groups excluding carboxylic acids is 1. The maximum Gasteiger partial charge on any atom is 0.234 e. The molecule has 0 aliphatic carbocycles. The van der Waals surface area contributed by atoms with Crippen LogP contribution in [0.15, 0.2) is 60.8 Å². The molecule has 2 aromatic carbocycles. The van der Waals surface area contributed by atoms with Gasteiger partial charge in [-0.15, -0.1) is 0 Å². The van der Waals surface area contributed by atoms with Gasteiger partial charge < -0.3 is 9.72 Å². The van der Waals surface area contributed by atoms with Gasteiger partial charge in [-0.25, -0.2) is 4.98 Å². The van der Waals surface area contributed by atoms with Gasteiger partial charge in [0.25, 0.3) is 0 Å². The highest BCUT2D eigenvalue weighted by Gasteiger charge is 2.21. The first kappa shape index (κ1) is 20.9. The summed E-state index contributed by atoms with van der Waals surface area (Å²) in [5.41, 5.74) is 9.17. The van der Waals surface area contributed by atoms with E-state index in [1.54, 1.807) is 0 Å². The first-order valence-electron chi connectivity index (χ1n) is 11.1. The molecule has 0 saturated carbocycles. The number of piperazine rings is 1. The van der Waals surface area contributed by atoms with E-state index >= 15 is 0 Å². The number of imidazole rings is 1. The van der Waals surface area contributed by atoms with Crippen LogP contribution in [-0.2, 0) is 11.3 Å². The minimum Gasteiger partial charge on any atom is -0.354 e. The molecule has 164 valence electrons. The number of nitrogens with zero attached hydrogens (tertiary/aromatic N) is 4. The highest BCUT2D eigenvalue weighted by Crippen LogP contribution is 2.29. The number of hydrogen-bond acceptors (Lipinski definition) is 4. The number of pyridine rings is 1. The summed E-state index contributed by atoms with van der Waals surface area (Å²) in [6.07, 6.45) is 2.14. The highest BCUT2D eigenvalue weighted by atomic mass is 16.2. The topological polar surface area (TPSA) is 73.4 Å². The molecule has 1 aliphatic heterocycles. The van der Waals surface area contributed by atoms with Gasteiger partial charge in [0.05, 0.1) is 29.6 Å². The van der Waals surface area contributed by atoms with Crippen molar-refractivity contribution < 1.29 is 4.79 Å². The molecule has 3 heterocycles. The molecule has 6 nitrogen and oxygen atoms in total. The predicted molar refractivity (Wildman–Crippen MR) is 129 cm³/mol. The molecule has 0 bridgehead atoms. The van der Waals surface area contributed by atoms with Gasteiger partial charge in [-0.05, 0) is 60.4 Å². The Morgan fingerprint density at radius 1 is 1.00 bits per heavy atom. The molecule has 6 heteroatoms. The predicted octanol–water partition coefficient (Wildman–Crippen LogP) is 4.09. The summed E-state index contributed by atoms with van der Waals surface area (Å²) < 4.78 is 2.14. The van der Waals surface area contributed by atoms with Crippen LogP contribution in [0.2, 0.25) is 0 Å². The molecule has 1 N–H and O–H groups in total. The Kier molecular flexibility index (Phi) is 5.41. The number of nitrogens with one attached hydrogen (secondary N) is 1. The molecule has 1 saturated heterocycles. The number of hydrogen-bond donors (Lipinski definition) is 1. The van der Waals surface area contributed by atoms with Gasteiger partial charge in [-0.3, -0.25) is 9.69 Å². The summed E-state index contributed by atoms with van der Waals surface area (Å²) in [6, 6.07) is 20.4. The lowest BCUT2D eigenvalue weighted by Gasteiger charge is -2.26. The molecule has 5 rings (SSSR count). The number of nitriles is 1. The second kappa shape index (κ2) is 8.53. The van der Waals surface area contributed by atoms with Crippen molar-refractivity contribution in [2.45, 2.75) is 20.4 Å². The van der Waals surface area contributed by atoms with Crippen molar-refractivity contribution in [2.24, 2.45) is 0 Å². The summed E-state index contributed by atoms with van der Waals surface area (Å²) in [4.78, 5) is 19.1. The number of fused-ring (bicyclic) bond motifs is 1. The van der Waals surface area contributed by atoms with Crippen LogP contribution in [0.1, 0.15) is 22.4 Å². The lowest BCUT2D eigenvalue weighted by atomic mass is 10.0. The second-order valence-electron chi connectivity index (χ2n) is 8.60. The van der Waals surface area contributed by atoms with Gasteiger partial charge in [0.1, 0.15) is 5.65 Å². The minimum absolute atomic E-state index is 0.0470. The monoisotopic (exact) mass is 435 g/mol. The number of aryl methyl sites for hydroxylation is 2. The van der Waals surface area contributed by atoms with Crippen LogP contribution in [0.5, 0.6) is 0 Å². The first-order valence-corrected chi connectivity index (χ1v) is 11.1. The quantitative estimate of drug-likeness (QED) is 0.524. The van der Waals surface area contributed by atoms with E-state index in [4.69, 9.17) is 4.98 Å². The van der Waals surface area contributed by atoms with Gasteiger partial charge in [-0.1, -0.05) is 30.3 Å². The van der Waals surface area contributed by atoms with E-state index in [1.165, 1.54) is 11.1 Å². The number of carbonyl (C=O) groups is 1. The van der Waals surface area contributed by atoms with Crippen LogP contribution in [0.3, 0.4) is 0 Å². The molecule has 2 aromatic heterocycles. The fraction of sp³-hybridized carbons (Fsp3) is 0.222. The SMILES string of the molecule is Cc1ccc(-c2ccc3nc(-c4ccc(C#N)cc4)c(CN4CCNC(=O)C4)n3c2)cc1C. The van der Waals surface area contributed by atoms with Gasteiger partial charge in [0, 0.05) is 31.4 Å². The Bertz CT molecular complexity index is 1390. The molecule has 0 radical (unpaired) electrons. The molecular formula is C27H25N5O. The van der Waals surface area contributed by atoms with Crippen LogP contribution >= 0.6 is 0 Å². The zero-order valence-electron chi connectivity index (χ0n) is 18.8. The fourth-order valence-corrected chi connectivity index (χ4v) is 4.31. The van der Waals surface area contributed by atoms with E-state index in [-0.39, 0.29) is 5.91 Å². The fourth-order valence-electron chi connectivity index (χ4n) is 4.31. The van der Waals surface area contributed by atoms with Crippen molar-refractivity contribution >= 4 is 11.6 Å². The molecule has 0 unspecified atom stereocenters. The number of benzene rings is 2. The Labute approximate surface area is 193 Å². The normalized spacial score (nSPS) is 14.3. The summed E-state index contributed by atoms with van der Waals surface area (Å²) >= 11 is 0. The number of amides is 1. The second-order valence-corrected chi connectivity index (χ2v) is 8.60. The molecular weight excluding hydrogens is 410 g/mol. The molecule has 1 fully saturated rings. The summed E-state index contributed by atoms with van der Waals surface area (Å²) in [5, 5.41) is 12.1. The molecule has 1 aliphatic rings. The smallest absolute Gasteiger partial charge is 0.234 e. The van der Waals surface area contributed by atoms with Crippen LogP contribution in [0, 0.1) is 25.2 Å². The molecule has 4 aromatic rings. The maximum absolute atomic E-state index is 12.0. The molecule has 0 atom stereocenters. The number of aromatic nitrogens is 2. The van der Waals surface area contributed by atoms with Gasteiger partial charge in [0.2, 0.25) is 5.91 Å². The van der Waals surface area contributed by atoms with E-state index < -0.39 is 0 Å². The summed E-state index contributed by atoms with van der Waals surface area (Å²) in [5.74, 6) is 0.0470. The minimum atomic E-state index is 0.0470.